The Hall–Kier alpha value is -1.26. The highest BCUT2D eigenvalue weighted by Crippen LogP contribution is 2.45. The van der Waals surface area contributed by atoms with E-state index in [4.69, 9.17) is 26.8 Å². The predicted octanol–water partition coefficient (Wildman–Crippen LogP) is 1.96. The van der Waals surface area contributed by atoms with Crippen molar-refractivity contribution in [1.29, 1.82) is 0 Å². The molecule has 1 aliphatic heterocycles. The first-order valence-corrected chi connectivity index (χ1v) is 6.36. The van der Waals surface area contributed by atoms with Gasteiger partial charge >= 0.3 is 0 Å². The predicted molar refractivity (Wildman–Crippen MR) is 67.7 cm³/mol. The van der Waals surface area contributed by atoms with Crippen LogP contribution in [0.25, 0.3) is 0 Å². The minimum absolute atomic E-state index is 0.166. The lowest BCUT2D eigenvalue weighted by Gasteiger charge is -2.24. The molecule has 96 valence electrons. The molecule has 1 aliphatic carbocycles. The number of aldehydes is 1. The number of hydrogen-bond acceptors (Lipinski definition) is 4. The lowest BCUT2D eigenvalue weighted by Crippen LogP contribution is -2.26. The van der Waals surface area contributed by atoms with E-state index in [0.717, 1.165) is 24.7 Å². The van der Waals surface area contributed by atoms with Crippen molar-refractivity contribution in [2.45, 2.75) is 24.8 Å². The molecule has 0 spiro atoms. The molecule has 1 aromatic carbocycles. The van der Waals surface area contributed by atoms with Crippen LogP contribution in [-0.2, 0) is 6.42 Å². The Morgan fingerprint density at radius 1 is 1.33 bits per heavy atom. The lowest BCUT2D eigenvalue weighted by atomic mass is 10.0. The van der Waals surface area contributed by atoms with E-state index in [1.165, 1.54) is 0 Å². The zero-order valence-electron chi connectivity index (χ0n) is 9.87. The maximum Gasteiger partial charge on any atom is 0.172 e. The minimum Gasteiger partial charge on any atom is -0.486 e. The molecule has 3 rings (SSSR count). The van der Waals surface area contributed by atoms with Crippen LogP contribution in [0.2, 0.25) is 5.02 Å². The minimum atomic E-state index is -0.166. The molecular weight excluding hydrogens is 254 g/mol. The molecule has 1 aromatic rings. The monoisotopic (exact) mass is 267 g/mol. The van der Waals surface area contributed by atoms with Crippen molar-refractivity contribution in [2.24, 2.45) is 5.73 Å². The maximum absolute atomic E-state index is 11.0. The maximum atomic E-state index is 11.0. The summed E-state index contributed by atoms with van der Waals surface area (Å²) in [5, 5.41) is 0.526. The average Bonchev–Trinajstić information content (AvgIpc) is 3.10. The first kappa shape index (κ1) is 11.8. The third kappa shape index (κ3) is 1.95. The molecule has 0 unspecified atom stereocenters. The Morgan fingerprint density at radius 3 is 2.61 bits per heavy atom. The Labute approximate surface area is 110 Å². The number of ether oxygens (including phenoxy) is 2. The molecule has 1 heterocycles. The van der Waals surface area contributed by atoms with E-state index >= 15 is 0 Å². The summed E-state index contributed by atoms with van der Waals surface area (Å²) in [4.78, 5) is 11.0. The van der Waals surface area contributed by atoms with E-state index in [1.807, 2.05) is 0 Å². The zero-order valence-corrected chi connectivity index (χ0v) is 10.6. The molecule has 0 saturated heterocycles. The molecule has 4 nitrogen and oxygen atoms in total. The number of carbonyl (C=O) groups excluding carboxylic acids is 1. The molecule has 0 aromatic heterocycles. The number of halogens is 1. The Bertz CT molecular complexity index is 511. The Balaban J connectivity index is 2.09. The second kappa shape index (κ2) is 4.14. The standard InChI is InChI=1S/C13H14ClNO3/c14-10-5-8(7-16)11-12(18-4-3-17-11)9(10)6-13(15)1-2-13/h5,7H,1-4,6,15H2. The molecule has 2 N–H and O–H groups in total. The molecule has 0 amide bonds. The second-order valence-electron chi connectivity index (χ2n) is 4.94. The smallest absolute Gasteiger partial charge is 0.172 e. The van der Waals surface area contributed by atoms with E-state index in [2.05, 4.69) is 0 Å². The van der Waals surface area contributed by atoms with Gasteiger partial charge in [-0.15, -0.1) is 0 Å². The van der Waals surface area contributed by atoms with Gasteiger partial charge in [0.25, 0.3) is 0 Å². The third-order valence-electron chi connectivity index (χ3n) is 3.44. The van der Waals surface area contributed by atoms with Gasteiger partial charge in [-0.3, -0.25) is 4.79 Å². The first-order chi connectivity index (χ1) is 8.63. The summed E-state index contributed by atoms with van der Waals surface area (Å²) < 4.78 is 11.1. The van der Waals surface area contributed by atoms with E-state index < -0.39 is 0 Å². The molecule has 1 fully saturated rings. The molecule has 0 bridgehead atoms. The fraction of sp³-hybridized carbons (Fsp3) is 0.462. The van der Waals surface area contributed by atoms with Gasteiger partial charge in [-0.25, -0.2) is 0 Å². The highest BCUT2D eigenvalue weighted by molar-refractivity contribution is 6.32. The largest absolute Gasteiger partial charge is 0.486 e. The van der Waals surface area contributed by atoms with Crippen LogP contribution in [0.4, 0.5) is 0 Å². The number of hydrogen-bond donors (Lipinski definition) is 1. The normalized spacial score (nSPS) is 19.4. The van der Waals surface area contributed by atoms with Crippen molar-refractivity contribution in [3.05, 3.63) is 22.2 Å². The highest BCUT2D eigenvalue weighted by Gasteiger charge is 2.40. The molecule has 0 atom stereocenters. The van der Waals surface area contributed by atoms with Crippen LogP contribution in [0.5, 0.6) is 11.5 Å². The summed E-state index contributed by atoms with van der Waals surface area (Å²) >= 11 is 6.23. The molecule has 0 radical (unpaired) electrons. The first-order valence-electron chi connectivity index (χ1n) is 5.98. The summed E-state index contributed by atoms with van der Waals surface area (Å²) in [7, 11) is 0. The van der Waals surface area contributed by atoms with Gasteiger partial charge in [-0.1, -0.05) is 11.6 Å². The molecular formula is C13H14ClNO3. The average molecular weight is 268 g/mol. The number of fused-ring (bicyclic) bond motifs is 1. The summed E-state index contributed by atoms with van der Waals surface area (Å²) in [6.45, 7) is 0.916. The van der Waals surface area contributed by atoms with Crippen LogP contribution in [0.3, 0.4) is 0 Å². The molecule has 2 aliphatic rings. The lowest BCUT2D eigenvalue weighted by molar-refractivity contribution is 0.111. The van der Waals surface area contributed by atoms with E-state index in [9.17, 15) is 4.79 Å². The van der Waals surface area contributed by atoms with Crippen molar-refractivity contribution in [2.75, 3.05) is 13.2 Å². The van der Waals surface area contributed by atoms with Gasteiger partial charge in [-0.05, 0) is 25.3 Å². The van der Waals surface area contributed by atoms with Gasteiger partial charge in [-0.2, -0.15) is 0 Å². The van der Waals surface area contributed by atoms with Crippen LogP contribution < -0.4 is 15.2 Å². The number of benzene rings is 1. The van der Waals surface area contributed by atoms with Crippen molar-refractivity contribution in [3.63, 3.8) is 0 Å². The number of rotatable bonds is 3. The van der Waals surface area contributed by atoms with Crippen molar-refractivity contribution < 1.29 is 14.3 Å². The number of nitrogens with two attached hydrogens (primary N) is 1. The van der Waals surface area contributed by atoms with Gasteiger partial charge in [0.1, 0.15) is 13.2 Å². The van der Waals surface area contributed by atoms with Gasteiger partial charge in [0, 0.05) is 16.1 Å². The van der Waals surface area contributed by atoms with Crippen LogP contribution in [-0.4, -0.2) is 25.0 Å². The van der Waals surface area contributed by atoms with Crippen LogP contribution in [0.15, 0.2) is 6.07 Å². The van der Waals surface area contributed by atoms with Crippen LogP contribution in [0, 0.1) is 0 Å². The summed E-state index contributed by atoms with van der Waals surface area (Å²) in [5.74, 6) is 1.09. The van der Waals surface area contributed by atoms with Gasteiger partial charge in [0.05, 0.1) is 5.56 Å². The summed E-state index contributed by atoms with van der Waals surface area (Å²) in [6.07, 6.45) is 3.39. The Morgan fingerprint density at radius 2 is 2.00 bits per heavy atom. The number of carbonyl (C=O) groups is 1. The van der Waals surface area contributed by atoms with Gasteiger partial charge < -0.3 is 15.2 Å². The van der Waals surface area contributed by atoms with E-state index in [-0.39, 0.29) is 5.54 Å². The fourth-order valence-corrected chi connectivity index (χ4v) is 2.47. The third-order valence-corrected chi connectivity index (χ3v) is 3.77. The van der Waals surface area contributed by atoms with Crippen LogP contribution >= 0.6 is 11.6 Å². The molecule has 5 heteroatoms. The topological polar surface area (TPSA) is 61.6 Å². The second-order valence-corrected chi connectivity index (χ2v) is 5.35. The van der Waals surface area contributed by atoms with Crippen molar-refractivity contribution in [1.82, 2.24) is 0 Å². The van der Waals surface area contributed by atoms with Crippen LogP contribution in [0.1, 0.15) is 28.8 Å². The zero-order chi connectivity index (χ0) is 12.8. The van der Waals surface area contributed by atoms with E-state index in [1.54, 1.807) is 6.07 Å². The SMILES string of the molecule is NC1(Cc2c(Cl)cc(C=O)c3c2OCCO3)CC1. The van der Waals surface area contributed by atoms with Crippen molar-refractivity contribution >= 4 is 17.9 Å². The summed E-state index contributed by atoms with van der Waals surface area (Å²) in [6, 6.07) is 1.63. The fourth-order valence-electron chi connectivity index (χ4n) is 2.20. The molecule has 18 heavy (non-hydrogen) atoms. The van der Waals surface area contributed by atoms with Crippen molar-refractivity contribution in [3.8, 4) is 11.5 Å². The highest BCUT2D eigenvalue weighted by atomic mass is 35.5. The van der Waals surface area contributed by atoms with Gasteiger partial charge in [0.15, 0.2) is 17.8 Å². The molecule has 1 saturated carbocycles. The van der Waals surface area contributed by atoms with E-state index in [0.29, 0.717) is 41.7 Å². The Kier molecular flexibility index (Phi) is 2.72. The quantitative estimate of drug-likeness (QED) is 0.851. The summed E-state index contributed by atoms with van der Waals surface area (Å²) in [5.41, 5.74) is 7.25. The van der Waals surface area contributed by atoms with Gasteiger partial charge in [0.2, 0.25) is 0 Å².